The number of rotatable bonds is 5. The lowest BCUT2D eigenvalue weighted by Gasteiger charge is -2.11. The van der Waals surface area contributed by atoms with Crippen LogP contribution in [0.25, 0.3) is 0 Å². The third-order valence-electron chi connectivity index (χ3n) is 2.91. The van der Waals surface area contributed by atoms with Crippen LogP contribution in [0.1, 0.15) is 0 Å². The Hall–Kier alpha value is -2.12. The first-order valence-electron chi connectivity index (χ1n) is 6.82. The summed E-state index contributed by atoms with van der Waals surface area (Å²) in [7, 11) is 1.61. The van der Waals surface area contributed by atoms with E-state index in [2.05, 4.69) is 31.9 Å². The molecule has 120 valence electrons. The number of para-hydroxylation sites is 1. The SMILES string of the molecule is COc1ccc(NC(=S)NCC(=O)Nc2ccccc2Br)cc1. The number of carbonyl (C=O) groups excluding carboxylic acids is 1. The number of methoxy groups -OCH3 is 1. The van der Waals surface area contributed by atoms with E-state index < -0.39 is 0 Å². The van der Waals surface area contributed by atoms with Crippen molar-refractivity contribution in [1.82, 2.24) is 5.32 Å². The lowest BCUT2D eigenvalue weighted by Crippen LogP contribution is -2.35. The van der Waals surface area contributed by atoms with E-state index in [1.54, 1.807) is 7.11 Å². The van der Waals surface area contributed by atoms with Gasteiger partial charge in [-0.1, -0.05) is 12.1 Å². The maximum absolute atomic E-state index is 11.9. The second-order valence-electron chi connectivity index (χ2n) is 4.56. The summed E-state index contributed by atoms with van der Waals surface area (Å²) in [6, 6.07) is 14.7. The van der Waals surface area contributed by atoms with Gasteiger partial charge < -0.3 is 20.7 Å². The fourth-order valence-electron chi connectivity index (χ4n) is 1.77. The number of nitrogens with one attached hydrogen (secondary N) is 3. The largest absolute Gasteiger partial charge is 0.497 e. The van der Waals surface area contributed by atoms with E-state index in [-0.39, 0.29) is 12.5 Å². The summed E-state index contributed by atoms with van der Waals surface area (Å²) in [6.07, 6.45) is 0. The van der Waals surface area contributed by atoms with Gasteiger partial charge in [0.2, 0.25) is 5.91 Å². The van der Waals surface area contributed by atoms with Crippen LogP contribution in [0.4, 0.5) is 11.4 Å². The van der Waals surface area contributed by atoms with Gasteiger partial charge in [-0.25, -0.2) is 0 Å². The van der Waals surface area contributed by atoms with E-state index in [0.717, 1.165) is 15.9 Å². The van der Waals surface area contributed by atoms with Crippen molar-refractivity contribution in [3.8, 4) is 5.75 Å². The van der Waals surface area contributed by atoms with E-state index in [1.807, 2.05) is 48.5 Å². The molecule has 1 amide bonds. The summed E-state index contributed by atoms with van der Waals surface area (Å²) < 4.78 is 5.91. The highest BCUT2D eigenvalue weighted by Gasteiger charge is 2.06. The molecule has 7 heteroatoms. The fourth-order valence-corrected chi connectivity index (χ4v) is 2.34. The van der Waals surface area contributed by atoms with Gasteiger partial charge in [0.1, 0.15) is 5.75 Å². The van der Waals surface area contributed by atoms with Gasteiger partial charge in [-0.15, -0.1) is 0 Å². The minimum Gasteiger partial charge on any atom is -0.497 e. The molecule has 0 heterocycles. The van der Waals surface area contributed by atoms with Crippen molar-refractivity contribution in [2.45, 2.75) is 0 Å². The Labute approximate surface area is 148 Å². The molecular weight excluding hydrogens is 378 g/mol. The summed E-state index contributed by atoms with van der Waals surface area (Å²) in [4.78, 5) is 11.9. The first kappa shape index (κ1) is 17.2. The Balaban J connectivity index is 1.79. The number of benzene rings is 2. The van der Waals surface area contributed by atoms with Gasteiger partial charge >= 0.3 is 0 Å². The Morgan fingerprint density at radius 1 is 1.13 bits per heavy atom. The number of thiocarbonyl (C=S) groups is 1. The molecule has 0 atom stereocenters. The monoisotopic (exact) mass is 393 g/mol. The molecule has 0 saturated heterocycles. The predicted molar refractivity (Wildman–Crippen MR) is 100.0 cm³/mol. The van der Waals surface area contributed by atoms with Crippen LogP contribution >= 0.6 is 28.1 Å². The van der Waals surface area contributed by atoms with Crippen LogP contribution in [0, 0.1) is 0 Å². The normalized spacial score (nSPS) is 9.83. The summed E-state index contributed by atoms with van der Waals surface area (Å²) >= 11 is 8.54. The first-order chi connectivity index (χ1) is 11.1. The van der Waals surface area contributed by atoms with Gasteiger partial charge in [-0.3, -0.25) is 4.79 Å². The fraction of sp³-hybridized carbons (Fsp3) is 0.125. The predicted octanol–water partition coefficient (Wildman–Crippen LogP) is 3.38. The van der Waals surface area contributed by atoms with Crippen LogP contribution in [0.5, 0.6) is 5.75 Å². The molecule has 5 nitrogen and oxygen atoms in total. The van der Waals surface area contributed by atoms with Crippen molar-refractivity contribution in [3.05, 3.63) is 53.0 Å². The number of hydrogen-bond acceptors (Lipinski definition) is 3. The highest BCUT2D eigenvalue weighted by Crippen LogP contribution is 2.20. The minimum absolute atomic E-state index is 0.0727. The average molecular weight is 394 g/mol. The molecule has 2 aromatic carbocycles. The van der Waals surface area contributed by atoms with Crippen molar-refractivity contribution in [2.75, 3.05) is 24.3 Å². The standard InChI is InChI=1S/C16H16BrN3O2S/c1-22-12-8-6-11(7-9-12)19-16(23)18-10-15(21)20-14-5-3-2-4-13(14)17/h2-9H,10H2,1H3,(H,20,21)(H2,18,19,23). The second kappa shape index (κ2) is 8.50. The number of carbonyl (C=O) groups is 1. The molecule has 0 radical (unpaired) electrons. The minimum atomic E-state index is -0.184. The molecule has 0 aliphatic carbocycles. The quantitative estimate of drug-likeness (QED) is 0.679. The number of ether oxygens (including phenoxy) is 1. The third kappa shape index (κ3) is 5.54. The van der Waals surface area contributed by atoms with Crippen molar-refractivity contribution >= 4 is 50.5 Å². The highest BCUT2D eigenvalue weighted by atomic mass is 79.9. The van der Waals surface area contributed by atoms with Crippen LogP contribution in [0.15, 0.2) is 53.0 Å². The van der Waals surface area contributed by atoms with E-state index in [0.29, 0.717) is 10.8 Å². The van der Waals surface area contributed by atoms with Crippen LogP contribution in [-0.2, 0) is 4.79 Å². The lowest BCUT2D eigenvalue weighted by molar-refractivity contribution is -0.115. The molecule has 0 spiro atoms. The molecule has 0 saturated carbocycles. The number of anilines is 2. The molecule has 3 N–H and O–H groups in total. The number of hydrogen-bond donors (Lipinski definition) is 3. The Kier molecular flexibility index (Phi) is 6.37. The molecule has 0 aliphatic rings. The molecule has 0 fully saturated rings. The molecule has 0 bridgehead atoms. The van der Waals surface area contributed by atoms with Gasteiger partial charge in [0.25, 0.3) is 0 Å². The van der Waals surface area contributed by atoms with E-state index in [4.69, 9.17) is 17.0 Å². The van der Waals surface area contributed by atoms with Gasteiger partial charge in [-0.2, -0.15) is 0 Å². The van der Waals surface area contributed by atoms with E-state index in [9.17, 15) is 4.79 Å². The maximum Gasteiger partial charge on any atom is 0.243 e. The Morgan fingerprint density at radius 2 is 1.83 bits per heavy atom. The van der Waals surface area contributed by atoms with Gasteiger partial charge in [-0.05, 0) is 64.5 Å². The van der Waals surface area contributed by atoms with E-state index >= 15 is 0 Å². The molecule has 2 rings (SSSR count). The number of halogens is 1. The summed E-state index contributed by atoms with van der Waals surface area (Å²) in [5, 5.41) is 9.03. The average Bonchev–Trinajstić information content (AvgIpc) is 2.56. The Bertz CT molecular complexity index is 692. The van der Waals surface area contributed by atoms with E-state index in [1.165, 1.54) is 0 Å². The maximum atomic E-state index is 11.9. The second-order valence-corrected chi connectivity index (χ2v) is 5.83. The summed E-state index contributed by atoms with van der Waals surface area (Å²) in [5.74, 6) is 0.582. The summed E-state index contributed by atoms with van der Waals surface area (Å²) in [6.45, 7) is 0.0727. The molecule has 23 heavy (non-hydrogen) atoms. The smallest absolute Gasteiger partial charge is 0.243 e. The van der Waals surface area contributed by atoms with Crippen LogP contribution in [0.3, 0.4) is 0 Å². The highest BCUT2D eigenvalue weighted by molar-refractivity contribution is 9.10. The molecular formula is C16H16BrN3O2S. The van der Waals surface area contributed by atoms with Gasteiger partial charge in [0.15, 0.2) is 5.11 Å². The zero-order chi connectivity index (χ0) is 16.7. The van der Waals surface area contributed by atoms with Gasteiger partial charge in [0.05, 0.1) is 19.3 Å². The zero-order valence-electron chi connectivity index (χ0n) is 12.4. The molecule has 0 unspecified atom stereocenters. The first-order valence-corrected chi connectivity index (χ1v) is 8.02. The lowest BCUT2D eigenvalue weighted by atomic mass is 10.3. The zero-order valence-corrected chi connectivity index (χ0v) is 14.8. The summed E-state index contributed by atoms with van der Waals surface area (Å²) in [5.41, 5.74) is 1.53. The molecule has 2 aromatic rings. The van der Waals surface area contributed by atoms with Gasteiger partial charge in [0, 0.05) is 10.2 Å². The Morgan fingerprint density at radius 3 is 2.48 bits per heavy atom. The topological polar surface area (TPSA) is 62.4 Å². The van der Waals surface area contributed by atoms with Crippen LogP contribution in [0.2, 0.25) is 0 Å². The van der Waals surface area contributed by atoms with Crippen molar-refractivity contribution < 1.29 is 9.53 Å². The van der Waals surface area contributed by atoms with Crippen molar-refractivity contribution in [2.24, 2.45) is 0 Å². The third-order valence-corrected chi connectivity index (χ3v) is 3.84. The van der Waals surface area contributed by atoms with Crippen LogP contribution < -0.4 is 20.7 Å². The van der Waals surface area contributed by atoms with Crippen molar-refractivity contribution in [1.29, 1.82) is 0 Å². The number of amides is 1. The molecule has 0 aliphatic heterocycles. The van der Waals surface area contributed by atoms with Crippen LogP contribution in [-0.4, -0.2) is 24.7 Å². The van der Waals surface area contributed by atoms with Crippen molar-refractivity contribution in [3.63, 3.8) is 0 Å². The molecule has 0 aromatic heterocycles.